The quantitative estimate of drug-likeness (QED) is 0.254. The Hall–Kier alpha value is -0.800. The van der Waals surface area contributed by atoms with E-state index in [9.17, 15) is 9.59 Å². The molecule has 0 fully saturated rings. The zero-order valence-corrected chi connectivity index (χ0v) is 5.60. The van der Waals surface area contributed by atoms with Gasteiger partial charge in [-0.05, 0) is 6.92 Å². The Morgan fingerprint density at radius 2 is 2.56 bits per heavy atom. The molecule has 0 bridgehead atoms. The zero-order chi connectivity index (χ0) is 7.11. The molecule has 0 amide bonds. The van der Waals surface area contributed by atoms with E-state index in [-0.39, 0.29) is 0 Å². The molecule has 4 nitrogen and oxygen atoms in total. The van der Waals surface area contributed by atoms with Crippen LogP contribution < -0.4 is 0 Å². The lowest BCUT2D eigenvalue weighted by molar-refractivity contribution is 0.181. The fourth-order valence-corrected chi connectivity index (χ4v) is 0.482. The summed E-state index contributed by atoms with van der Waals surface area (Å²) in [4.78, 5) is 19.7. The highest BCUT2D eigenvalue weighted by atomic mass is 32.2. The Labute approximate surface area is 56.4 Å². The maximum absolute atomic E-state index is 10.3. The van der Waals surface area contributed by atoms with Crippen molar-refractivity contribution < 1.29 is 14.3 Å². The molecule has 0 aliphatic rings. The topological polar surface area (TPSA) is 55.7 Å². The molecule has 50 valence electrons. The van der Waals surface area contributed by atoms with Gasteiger partial charge in [0.1, 0.15) is 11.9 Å². The van der Waals surface area contributed by atoms with Gasteiger partial charge in [0.25, 0.3) is 0 Å². The van der Waals surface area contributed by atoms with Gasteiger partial charge in [-0.25, -0.2) is 9.59 Å². The number of hydrogen-bond acceptors (Lipinski definition) is 5. The summed E-state index contributed by atoms with van der Waals surface area (Å²) in [5, 5.41) is -0.583. The third-order valence-corrected chi connectivity index (χ3v) is 0.852. The van der Waals surface area contributed by atoms with Crippen molar-refractivity contribution in [1.29, 1.82) is 0 Å². The van der Waals surface area contributed by atoms with Gasteiger partial charge < -0.3 is 4.74 Å². The van der Waals surface area contributed by atoms with Crippen LogP contribution in [0.25, 0.3) is 0 Å². The van der Waals surface area contributed by atoms with Gasteiger partial charge in [-0.1, -0.05) is 0 Å². The minimum atomic E-state index is -0.583. The van der Waals surface area contributed by atoms with Gasteiger partial charge in [-0.2, -0.15) is 0 Å². The average molecular weight is 147 g/mol. The van der Waals surface area contributed by atoms with Crippen LogP contribution in [0, 0.1) is 0 Å². The van der Waals surface area contributed by atoms with Crippen molar-refractivity contribution in [3.8, 4) is 0 Å². The molecule has 0 aromatic heterocycles. The van der Waals surface area contributed by atoms with Gasteiger partial charge in [0.05, 0.1) is 6.61 Å². The number of carbonyl (C=O) groups excluding carboxylic acids is 2. The summed E-state index contributed by atoms with van der Waals surface area (Å²) in [5.41, 5.74) is 0. The van der Waals surface area contributed by atoms with Crippen LogP contribution in [0.1, 0.15) is 6.92 Å². The highest BCUT2D eigenvalue weighted by molar-refractivity contribution is 8.12. The summed E-state index contributed by atoms with van der Waals surface area (Å²) < 4.78 is 7.32. The normalized spacial score (nSPS) is 7.67. The third-order valence-electron chi connectivity index (χ3n) is 0.420. The minimum Gasteiger partial charge on any atom is -0.457 e. The van der Waals surface area contributed by atoms with Crippen molar-refractivity contribution in [2.24, 2.45) is 4.40 Å². The molecule has 9 heavy (non-hydrogen) atoms. The Bertz CT molecular complexity index is 141. The van der Waals surface area contributed by atoms with Crippen LogP contribution in [0.5, 0.6) is 0 Å². The SMILES string of the molecule is CCOC(=O)SN=C=O. The molecule has 0 saturated carbocycles. The second kappa shape index (κ2) is 5.34. The van der Waals surface area contributed by atoms with Crippen LogP contribution in [0.4, 0.5) is 4.79 Å². The second-order valence-corrected chi connectivity index (χ2v) is 1.66. The monoisotopic (exact) mass is 147 g/mol. The van der Waals surface area contributed by atoms with Crippen LogP contribution >= 0.6 is 11.9 Å². The summed E-state index contributed by atoms with van der Waals surface area (Å²) in [6.45, 7) is 1.96. The summed E-state index contributed by atoms with van der Waals surface area (Å²) in [6, 6.07) is 0. The highest BCUT2D eigenvalue weighted by Gasteiger charge is 1.98. The fourth-order valence-electron chi connectivity index (χ4n) is 0.200. The van der Waals surface area contributed by atoms with Crippen molar-refractivity contribution in [1.82, 2.24) is 0 Å². The van der Waals surface area contributed by atoms with Gasteiger partial charge in [0.15, 0.2) is 0 Å². The molecular weight excluding hydrogens is 142 g/mol. The number of nitrogens with zero attached hydrogens (tertiary/aromatic N) is 1. The van der Waals surface area contributed by atoms with Crippen molar-refractivity contribution in [2.45, 2.75) is 6.92 Å². The van der Waals surface area contributed by atoms with Gasteiger partial charge in [-0.3, -0.25) is 0 Å². The molecule has 0 aliphatic heterocycles. The smallest absolute Gasteiger partial charge is 0.390 e. The van der Waals surface area contributed by atoms with Crippen molar-refractivity contribution in [2.75, 3.05) is 6.61 Å². The Morgan fingerprint density at radius 1 is 1.89 bits per heavy atom. The third kappa shape index (κ3) is 5.06. The fraction of sp³-hybridized carbons (Fsp3) is 0.500. The molecule has 0 aromatic carbocycles. The van der Waals surface area contributed by atoms with E-state index in [1.807, 2.05) is 0 Å². The lowest BCUT2D eigenvalue weighted by Gasteiger charge is -1.92. The van der Waals surface area contributed by atoms with E-state index in [4.69, 9.17) is 0 Å². The van der Waals surface area contributed by atoms with E-state index >= 15 is 0 Å². The molecular formula is C4H5NO3S. The standard InChI is InChI=1S/C4H5NO3S/c1-2-8-4(7)9-5-3-6/h2H2,1H3. The Morgan fingerprint density at radius 3 is 3.00 bits per heavy atom. The van der Waals surface area contributed by atoms with Crippen molar-refractivity contribution in [3.05, 3.63) is 0 Å². The predicted octanol–water partition coefficient (Wildman–Crippen LogP) is 1.13. The van der Waals surface area contributed by atoms with E-state index in [0.29, 0.717) is 18.6 Å². The maximum atomic E-state index is 10.3. The predicted molar refractivity (Wildman–Crippen MR) is 32.7 cm³/mol. The summed E-state index contributed by atoms with van der Waals surface area (Å²) in [6.07, 6.45) is 1.19. The first-order valence-electron chi connectivity index (χ1n) is 2.22. The van der Waals surface area contributed by atoms with Crippen LogP contribution in [0.3, 0.4) is 0 Å². The molecule has 0 aromatic rings. The molecule has 0 N–H and O–H groups in total. The van der Waals surface area contributed by atoms with Gasteiger partial charge >= 0.3 is 5.30 Å². The molecule has 0 rings (SSSR count). The van der Waals surface area contributed by atoms with Gasteiger partial charge in [-0.15, -0.1) is 4.40 Å². The molecule has 0 unspecified atom stereocenters. The van der Waals surface area contributed by atoms with E-state index in [1.54, 1.807) is 6.92 Å². The Balaban J connectivity index is 3.38. The average Bonchev–Trinajstić information content (AvgIpc) is 1.85. The number of ether oxygens (including phenoxy) is 1. The van der Waals surface area contributed by atoms with E-state index in [1.165, 1.54) is 6.08 Å². The lowest BCUT2D eigenvalue weighted by Crippen LogP contribution is -1.93. The molecule has 0 aliphatic carbocycles. The van der Waals surface area contributed by atoms with E-state index in [0.717, 1.165) is 0 Å². The molecule has 0 radical (unpaired) electrons. The minimum absolute atomic E-state index is 0.292. The summed E-state index contributed by atoms with van der Waals surface area (Å²) in [7, 11) is 0. The number of rotatable bonds is 2. The number of carbonyl (C=O) groups is 1. The highest BCUT2D eigenvalue weighted by Crippen LogP contribution is 2.03. The van der Waals surface area contributed by atoms with Crippen LogP contribution in [0.2, 0.25) is 0 Å². The number of isocyanates is 1. The van der Waals surface area contributed by atoms with Crippen LogP contribution in [-0.2, 0) is 9.53 Å². The molecule has 5 heteroatoms. The zero-order valence-electron chi connectivity index (χ0n) is 4.79. The first kappa shape index (κ1) is 8.20. The summed E-state index contributed by atoms with van der Waals surface area (Å²) >= 11 is 0.441. The first-order valence-corrected chi connectivity index (χ1v) is 2.99. The van der Waals surface area contributed by atoms with Crippen LogP contribution in [-0.4, -0.2) is 18.0 Å². The van der Waals surface area contributed by atoms with Crippen molar-refractivity contribution >= 4 is 23.3 Å². The molecule has 0 spiro atoms. The van der Waals surface area contributed by atoms with Gasteiger partial charge in [0, 0.05) is 0 Å². The van der Waals surface area contributed by atoms with E-state index < -0.39 is 5.30 Å². The van der Waals surface area contributed by atoms with E-state index in [2.05, 4.69) is 9.13 Å². The first-order chi connectivity index (χ1) is 4.31. The largest absolute Gasteiger partial charge is 0.457 e. The van der Waals surface area contributed by atoms with Crippen molar-refractivity contribution in [3.63, 3.8) is 0 Å². The molecule has 0 heterocycles. The Kier molecular flexibility index (Phi) is 4.86. The van der Waals surface area contributed by atoms with Gasteiger partial charge in [0.2, 0.25) is 6.08 Å². The second-order valence-electron chi connectivity index (χ2n) is 0.957. The molecule has 0 saturated heterocycles. The maximum Gasteiger partial charge on any atom is 0.390 e. The van der Waals surface area contributed by atoms with Crippen LogP contribution in [0.15, 0.2) is 4.40 Å². The number of hydrogen-bond donors (Lipinski definition) is 0. The lowest BCUT2D eigenvalue weighted by atomic mass is 10.9. The summed E-state index contributed by atoms with van der Waals surface area (Å²) in [5.74, 6) is 0. The molecule has 0 atom stereocenters.